The third-order valence-electron chi connectivity index (χ3n) is 6.68. The standard InChI is InChI=1S/C13H9.C11H8BrS.2ClH.H2S.Zr/c1-3-7-12-10(5-1)9-11-6-2-4-8-13(11)12;12-11-10-8(6-13-11)5-7-3-1-2-4-9(7)10;;;;/h1-9H;1-2,4-5,10-11H,6H2;2*1H;1H2;/q;;;;;+3/p-3. The molecule has 2 atom stereocenters. The molecule has 151 valence electrons. The third kappa shape index (κ3) is 2.84. The van der Waals surface area contributed by atoms with Crippen LogP contribution in [0.4, 0.5) is 0 Å². The van der Waals surface area contributed by atoms with Crippen molar-refractivity contribution < 1.29 is 14.9 Å². The van der Waals surface area contributed by atoms with Gasteiger partial charge in [-0.15, -0.1) is 0 Å². The first-order valence-electron chi connectivity index (χ1n) is 9.95. The first-order valence-corrected chi connectivity index (χ1v) is 24.6. The van der Waals surface area contributed by atoms with Gasteiger partial charge in [0.25, 0.3) is 0 Å². The van der Waals surface area contributed by atoms with E-state index in [0.717, 1.165) is 9.02 Å². The Bertz CT molecular complexity index is 1200. The monoisotopic (exact) mass is 609 g/mol. The van der Waals surface area contributed by atoms with Crippen molar-refractivity contribution in [3.05, 3.63) is 94.6 Å². The number of halogens is 3. The number of thioether (sulfide) groups is 1. The van der Waals surface area contributed by atoms with Crippen molar-refractivity contribution in [2.45, 2.75) is 13.7 Å². The first-order chi connectivity index (χ1) is 14.4. The van der Waals surface area contributed by atoms with Crippen molar-refractivity contribution >= 4 is 63.5 Å². The number of thiol groups is 1. The summed E-state index contributed by atoms with van der Waals surface area (Å²) in [5, 5.41) is 0. The Morgan fingerprint density at radius 3 is 2.13 bits per heavy atom. The van der Waals surface area contributed by atoms with Crippen LogP contribution in [0.5, 0.6) is 0 Å². The number of hydrogen-bond donors (Lipinski definition) is 1. The molecule has 30 heavy (non-hydrogen) atoms. The Kier molecular flexibility index (Phi) is 4.83. The van der Waals surface area contributed by atoms with Gasteiger partial charge in [-0.05, 0) is 0 Å². The number of alkyl halides is 1. The molecular weight excluding hydrogens is 594 g/mol. The van der Waals surface area contributed by atoms with Gasteiger partial charge in [-0.25, -0.2) is 0 Å². The Labute approximate surface area is 201 Å². The molecule has 2 aliphatic carbocycles. The Morgan fingerprint density at radius 1 is 0.867 bits per heavy atom. The molecule has 3 aromatic rings. The van der Waals surface area contributed by atoms with Crippen LogP contribution in [0.1, 0.15) is 31.8 Å². The zero-order chi connectivity index (χ0) is 20.7. The van der Waals surface area contributed by atoms with Crippen LogP contribution < -0.4 is 3.27 Å². The van der Waals surface area contributed by atoms with Crippen LogP contribution in [-0.4, -0.2) is 9.91 Å². The second-order valence-electron chi connectivity index (χ2n) is 8.31. The number of hydrogen-bond acceptors (Lipinski definition) is 2. The number of rotatable bonds is 2. The molecule has 1 aliphatic heterocycles. The molecule has 0 nitrogen and oxygen atoms in total. The van der Waals surface area contributed by atoms with Crippen LogP contribution >= 0.6 is 54.1 Å². The van der Waals surface area contributed by atoms with Crippen LogP contribution in [0, 0.1) is 0 Å². The van der Waals surface area contributed by atoms with E-state index in [1.807, 2.05) is 11.8 Å². The Hall–Kier alpha value is 0.0431. The van der Waals surface area contributed by atoms with Crippen LogP contribution in [0.25, 0.3) is 17.2 Å². The van der Waals surface area contributed by atoms with Crippen LogP contribution in [0.2, 0.25) is 0 Å². The summed E-state index contributed by atoms with van der Waals surface area (Å²) < 4.78 is 1.40. The van der Waals surface area contributed by atoms with Crippen molar-refractivity contribution in [1.82, 2.24) is 0 Å². The first kappa shape index (κ1) is 20.6. The second kappa shape index (κ2) is 7.02. The fourth-order valence-electron chi connectivity index (χ4n) is 5.43. The molecule has 0 saturated carbocycles. The molecule has 0 aromatic heterocycles. The van der Waals surface area contributed by atoms with Crippen molar-refractivity contribution in [3.8, 4) is 11.1 Å². The molecule has 3 aliphatic rings. The van der Waals surface area contributed by atoms with Gasteiger partial charge in [0.15, 0.2) is 0 Å². The average Bonchev–Trinajstić information content (AvgIpc) is 3.38. The molecule has 6 rings (SSSR count). The van der Waals surface area contributed by atoms with E-state index in [0.29, 0.717) is 10.1 Å². The second-order valence-corrected chi connectivity index (χ2v) is 37.9. The summed E-state index contributed by atoms with van der Waals surface area (Å²) in [5.74, 6) is 1.45. The summed E-state index contributed by atoms with van der Waals surface area (Å²) in [7, 11) is 20.6. The molecule has 1 heterocycles. The number of fused-ring (bicyclic) bond motifs is 6. The molecule has 3 aromatic carbocycles. The minimum absolute atomic E-state index is 0.0787. The van der Waals surface area contributed by atoms with Crippen LogP contribution in [-0.2, 0) is 14.9 Å². The van der Waals surface area contributed by atoms with E-state index in [4.69, 9.17) is 26.4 Å². The van der Waals surface area contributed by atoms with Gasteiger partial charge in [-0.3, -0.25) is 0 Å². The Balaban J connectivity index is 1.60. The molecule has 0 bridgehead atoms. The quantitative estimate of drug-likeness (QED) is 0.227. The van der Waals surface area contributed by atoms with Gasteiger partial charge in [0.05, 0.1) is 0 Å². The molecular formula is C24H18BrCl2S2Zr. The van der Waals surface area contributed by atoms with Gasteiger partial charge < -0.3 is 0 Å². The van der Waals surface area contributed by atoms with Gasteiger partial charge in [0.2, 0.25) is 0 Å². The van der Waals surface area contributed by atoms with E-state index in [1.54, 1.807) is 0 Å². The summed E-state index contributed by atoms with van der Waals surface area (Å²) in [4.78, 5) is 0. The van der Waals surface area contributed by atoms with E-state index in [2.05, 4.69) is 88.7 Å². The summed E-state index contributed by atoms with van der Waals surface area (Å²) in [6, 6.07) is 23.5. The molecule has 1 fully saturated rings. The average molecular weight is 613 g/mol. The van der Waals surface area contributed by atoms with Crippen molar-refractivity contribution in [3.63, 3.8) is 0 Å². The van der Waals surface area contributed by atoms with E-state index in [1.165, 1.54) is 39.0 Å². The molecule has 1 saturated heterocycles. The number of benzene rings is 3. The van der Waals surface area contributed by atoms with E-state index in [9.17, 15) is 0 Å². The van der Waals surface area contributed by atoms with Crippen LogP contribution in [0.15, 0.2) is 72.3 Å². The molecule has 0 spiro atoms. The van der Waals surface area contributed by atoms with E-state index in [-0.39, 0.29) is 3.63 Å². The molecule has 6 heteroatoms. The maximum atomic E-state index is 7.65. The summed E-state index contributed by atoms with van der Waals surface area (Å²) in [6.45, 7) is 0. The van der Waals surface area contributed by atoms with E-state index < -0.39 is 14.9 Å². The van der Waals surface area contributed by atoms with Gasteiger partial charge >= 0.3 is 204 Å². The summed E-state index contributed by atoms with van der Waals surface area (Å²) in [5.41, 5.74) is 8.90. The van der Waals surface area contributed by atoms with E-state index >= 15 is 0 Å². The maximum absolute atomic E-state index is 7.65. The van der Waals surface area contributed by atoms with Crippen molar-refractivity contribution in [2.24, 2.45) is 0 Å². The fraction of sp³-hybridized carbons (Fsp3) is 0.167. The van der Waals surface area contributed by atoms with Gasteiger partial charge in [-0.2, -0.15) is 0 Å². The van der Waals surface area contributed by atoms with Crippen LogP contribution in [0.3, 0.4) is 0 Å². The topological polar surface area (TPSA) is 0 Å². The zero-order valence-electron chi connectivity index (χ0n) is 15.9. The molecule has 0 amide bonds. The molecule has 0 N–H and O–H groups in total. The predicted octanol–water partition coefficient (Wildman–Crippen LogP) is 7.87. The third-order valence-corrected chi connectivity index (χ3v) is 24.4. The van der Waals surface area contributed by atoms with Crippen molar-refractivity contribution in [1.29, 1.82) is 0 Å². The van der Waals surface area contributed by atoms with Crippen molar-refractivity contribution in [2.75, 3.05) is 5.75 Å². The molecule has 2 unspecified atom stereocenters. The Morgan fingerprint density at radius 2 is 1.47 bits per heavy atom. The SMILES string of the molecule is [SH][Zr]([Cl])([Cl])([c]1cccc2c1C=C1CSC(Br)C12)[CH]1c2ccccc2-c2ccccc21. The predicted molar refractivity (Wildman–Crippen MR) is 136 cm³/mol. The zero-order valence-corrected chi connectivity index (χ0v) is 23.1. The normalized spacial score (nSPS) is 23.2. The van der Waals surface area contributed by atoms with Gasteiger partial charge in [-0.1, -0.05) is 0 Å². The van der Waals surface area contributed by atoms with Gasteiger partial charge in [0, 0.05) is 0 Å². The summed E-state index contributed by atoms with van der Waals surface area (Å²) in [6.07, 6.45) is 2.34. The molecule has 0 radical (unpaired) electrons. The summed E-state index contributed by atoms with van der Waals surface area (Å²) >= 11 is 0.983. The van der Waals surface area contributed by atoms with Gasteiger partial charge in [0.1, 0.15) is 0 Å². The fourth-order valence-corrected chi connectivity index (χ4v) is 22.4. The minimum atomic E-state index is -4.84.